The first-order valence-corrected chi connectivity index (χ1v) is 8.95. The lowest BCUT2D eigenvalue weighted by Crippen LogP contribution is -2.04. The number of hydrogen-bond acceptors (Lipinski definition) is 4. The molecule has 0 saturated carbocycles. The van der Waals surface area contributed by atoms with Crippen molar-refractivity contribution in [1.82, 2.24) is 0 Å². The molecule has 22 heavy (non-hydrogen) atoms. The number of aromatic nitrogens is 1. The first-order valence-electron chi connectivity index (χ1n) is 6.66. The van der Waals surface area contributed by atoms with Crippen molar-refractivity contribution in [3.05, 3.63) is 58.6 Å². The third-order valence-corrected chi connectivity index (χ3v) is 5.13. The molecular formula is C16H17NO3S2. The summed E-state index contributed by atoms with van der Waals surface area (Å²) in [5, 5.41) is 0. The van der Waals surface area contributed by atoms with Gasteiger partial charge in [0.1, 0.15) is 14.8 Å². The van der Waals surface area contributed by atoms with Crippen LogP contribution < -0.4 is 4.98 Å². The van der Waals surface area contributed by atoms with Gasteiger partial charge in [-0.05, 0) is 38.0 Å². The second kappa shape index (κ2) is 6.56. The van der Waals surface area contributed by atoms with Crippen LogP contribution in [0.1, 0.15) is 16.7 Å². The van der Waals surface area contributed by atoms with Gasteiger partial charge in [-0.2, -0.15) is 0 Å². The van der Waals surface area contributed by atoms with Gasteiger partial charge in [-0.25, -0.2) is 13.4 Å². The highest BCUT2D eigenvalue weighted by atomic mass is 32.2. The summed E-state index contributed by atoms with van der Waals surface area (Å²) in [6, 6.07) is 11.6. The van der Waals surface area contributed by atoms with Gasteiger partial charge in [-0.15, -0.1) is 0 Å². The van der Waals surface area contributed by atoms with E-state index in [1.54, 1.807) is 37.3 Å². The summed E-state index contributed by atoms with van der Waals surface area (Å²) in [5.74, 6) is 0. The van der Waals surface area contributed by atoms with Crippen molar-refractivity contribution in [2.75, 3.05) is 0 Å². The van der Waals surface area contributed by atoms with Gasteiger partial charge in [-0.3, -0.25) is 0 Å². The lowest BCUT2D eigenvalue weighted by Gasteiger charge is -2.14. The van der Waals surface area contributed by atoms with Gasteiger partial charge in [0.15, 0.2) is 0 Å². The van der Waals surface area contributed by atoms with E-state index in [1.807, 2.05) is 24.6 Å². The molecule has 116 valence electrons. The summed E-state index contributed by atoms with van der Waals surface area (Å²) >= 11 is 1.73. The molecule has 6 heteroatoms. The predicted octanol–water partition coefficient (Wildman–Crippen LogP) is 3.23. The Bertz CT molecular complexity index is 845. The summed E-state index contributed by atoms with van der Waals surface area (Å²) in [6.45, 7) is 5.12. The van der Waals surface area contributed by atoms with Crippen molar-refractivity contribution < 1.29 is 18.0 Å². The molecule has 1 N–H and O–H groups in total. The van der Waals surface area contributed by atoms with Gasteiger partial charge in [0.2, 0.25) is 11.0 Å². The first kappa shape index (κ1) is 16.6. The Morgan fingerprint density at radius 2 is 1.64 bits per heavy atom. The van der Waals surface area contributed by atoms with Crippen LogP contribution in [0.2, 0.25) is 0 Å². The van der Waals surface area contributed by atoms with Gasteiger partial charge in [0, 0.05) is 6.07 Å². The van der Waals surface area contributed by atoms with E-state index < -0.39 is 10.1 Å². The molecule has 0 aliphatic carbocycles. The zero-order valence-electron chi connectivity index (χ0n) is 12.6. The minimum atomic E-state index is -4.33. The molecular weight excluding hydrogens is 318 g/mol. The lowest BCUT2D eigenvalue weighted by atomic mass is 10.1. The molecule has 3 rings (SSSR count). The second-order valence-electron chi connectivity index (χ2n) is 5.06. The third-order valence-electron chi connectivity index (χ3n) is 3.14. The molecule has 1 aromatic heterocycles. The molecule has 0 unspecified atom stereocenters. The van der Waals surface area contributed by atoms with E-state index in [9.17, 15) is 13.0 Å². The summed E-state index contributed by atoms with van der Waals surface area (Å²) in [6.07, 6.45) is 0. The van der Waals surface area contributed by atoms with E-state index in [0.717, 1.165) is 5.56 Å². The molecule has 0 atom stereocenters. The number of rotatable bonds is 1. The summed E-state index contributed by atoms with van der Waals surface area (Å²) in [5.41, 5.74) is 5.22. The van der Waals surface area contributed by atoms with Crippen LogP contribution in [0, 0.1) is 20.8 Å². The van der Waals surface area contributed by atoms with Crippen molar-refractivity contribution >= 4 is 31.7 Å². The molecule has 0 fully saturated rings. The Balaban J connectivity index is 0.000000170. The number of nitrogens with one attached hydrogen (secondary N) is 1. The zero-order chi connectivity index (χ0) is 16.3. The number of H-pyrrole nitrogens is 1. The van der Waals surface area contributed by atoms with Crippen LogP contribution in [0.4, 0.5) is 0 Å². The monoisotopic (exact) mass is 335 g/mol. The van der Waals surface area contributed by atoms with E-state index in [0.29, 0.717) is 11.1 Å². The molecule has 0 amide bonds. The molecule has 2 aromatic carbocycles. The van der Waals surface area contributed by atoms with Crippen LogP contribution in [-0.4, -0.2) is 13.0 Å². The van der Waals surface area contributed by atoms with E-state index in [1.165, 1.54) is 10.2 Å². The molecule has 1 heterocycles. The van der Waals surface area contributed by atoms with Crippen molar-refractivity contribution in [3.8, 4) is 0 Å². The fourth-order valence-corrected chi connectivity index (χ4v) is 4.04. The number of hydrogen-bond donors (Lipinski definition) is 0. The Labute approximate surface area is 134 Å². The summed E-state index contributed by atoms with van der Waals surface area (Å²) in [7, 11) is -4.33. The molecule has 3 aromatic rings. The van der Waals surface area contributed by atoms with E-state index in [2.05, 4.69) is 17.1 Å². The highest BCUT2D eigenvalue weighted by molar-refractivity contribution is 7.85. The number of para-hydroxylation sites is 1. The van der Waals surface area contributed by atoms with Crippen molar-refractivity contribution in [2.24, 2.45) is 0 Å². The maximum absolute atomic E-state index is 10.8. The average molecular weight is 335 g/mol. The Hall–Kier alpha value is -1.76. The highest BCUT2D eigenvalue weighted by Gasteiger charge is 2.09. The minimum absolute atomic E-state index is 0.0851. The lowest BCUT2D eigenvalue weighted by molar-refractivity contribution is -0.338. The van der Waals surface area contributed by atoms with Crippen LogP contribution >= 0.6 is 11.3 Å². The summed E-state index contributed by atoms with van der Waals surface area (Å²) < 4.78 is 33.8. The van der Waals surface area contributed by atoms with Gasteiger partial charge in [-0.1, -0.05) is 41.2 Å². The Morgan fingerprint density at radius 3 is 2.18 bits per heavy atom. The van der Waals surface area contributed by atoms with E-state index in [-0.39, 0.29) is 4.90 Å². The highest BCUT2D eigenvalue weighted by Crippen LogP contribution is 2.20. The van der Waals surface area contributed by atoms with Crippen LogP contribution in [-0.2, 0) is 10.1 Å². The van der Waals surface area contributed by atoms with Crippen molar-refractivity contribution in [2.45, 2.75) is 25.7 Å². The van der Waals surface area contributed by atoms with Crippen molar-refractivity contribution in [1.29, 1.82) is 0 Å². The fourth-order valence-electron chi connectivity index (χ4n) is 2.41. The molecule has 0 saturated heterocycles. The number of fused-ring (bicyclic) bond motifs is 1. The van der Waals surface area contributed by atoms with E-state index >= 15 is 0 Å². The molecule has 0 bridgehead atoms. The Kier molecular flexibility index (Phi) is 4.95. The number of aromatic amines is 1. The SMILES string of the molecule is Cc1cc(C)c(S(=O)(=O)[O-])c(C)c1.c1ccc2sc[nH+]c2c1. The predicted molar refractivity (Wildman–Crippen MR) is 87.0 cm³/mol. The topological polar surface area (TPSA) is 71.3 Å². The minimum Gasteiger partial charge on any atom is -0.744 e. The van der Waals surface area contributed by atoms with Gasteiger partial charge < -0.3 is 4.55 Å². The van der Waals surface area contributed by atoms with Crippen LogP contribution in [0.25, 0.3) is 10.2 Å². The fraction of sp³-hybridized carbons (Fsp3) is 0.188. The normalized spacial score (nSPS) is 11.1. The molecule has 0 aliphatic rings. The standard InChI is InChI=1S/C9H12O3S.C7H5NS/c1-6-4-7(2)9(8(3)5-6)13(10,11)12;1-2-4-7-6(3-1)8-5-9-7/h4-5H,1-3H3,(H,10,11,12);1-5H. The van der Waals surface area contributed by atoms with Crippen LogP contribution in [0.3, 0.4) is 0 Å². The van der Waals surface area contributed by atoms with E-state index in [4.69, 9.17) is 0 Å². The zero-order valence-corrected chi connectivity index (χ0v) is 14.2. The maximum Gasteiger partial charge on any atom is 0.224 e. The van der Waals surface area contributed by atoms with Gasteiger partial charge in [0.25, 0.3) is 0 Å². The van der Waals surface area contributed by atoms with Crippen LogP contribution in [0.15, 0.2) is 46.8 Å². The third kappa shape index (κ3) is 3.91. The quantitative estimate of drug-likeness (QED) is 0.641. The summed E-state index contributed by atoms with van der Waals surface area (Å²) in [4.78, 5) is 3.05. The number of benzene rings is 2. The molecule has 4 nitrogen and oxygen atoms in total. The smallest absolute Gasteiger partial charge is 0.224 e. The molecule has 0 aliphatic heterocycles. The first-order chi connectivity index (χ1) is 10.3. The average Bonchev–Trinajstić information content (AvgIpc) is 2.84. The second-order valence-corrected chi connectivity index (χ2v) is 7.29. The Morgan fingerprint density at radius 1 is 1.05 bits per heavy atom. The molecule has 0 spiro atoms. The number of aryl methyl sites for hydroxylation is 3. The maximum atomic E-state index is 10.8. The largest absolute Gasteiger partial charge is 0.744 e. The molecule has 0 radical (unpaired) electrons. The van der Waals surface area contributed by atoms with Gasteiger partial charge >= 0.3 is 0 Å². The van der Waals surface area contributed by atoms with Gasteiger partial charge in [0.05, 0.1) is 4.90 Å². The van der Waals surface area contributed by atoms with Crippen molar-refractivity contribution in [3.63, 3.8) is 0 Å². The number of thiazole rings is 1. The van der Waals surface area contributed by atoms with Crippen LogP contribution in [0.5, 0.6) is 0 Å².